The molecule has 33 heavy (non-hydrogen) atoms. The third-order valence-corrected chi connectivity index (χ3v) is 6.23. The minimum atomic E-state index is -1.09. The van der Waals surface area contributed by atoms with Crippen LogP contribution in [0, 0.1) is 22.7 Å². The molecule has 162 valence electrons. The second-order valence-electron chi connectivity index (χ2n) is 7.74. The maximum atomic E-state index is 13.6. The van der Waals surface area contributed by atoms with Gasteiger partial charge in [0.1, 0.15) is 6.04 Å². The van der Waals surface area contributed by atoms with E-state index in [1.807, 2.05) is 0 Å². The van der Waals surface area contributed by atoms with Gasteiger partial charge in [-0.1, -0.05) is 48.0 Å². The van der Waals surface area contributed by atoms with E-state index in [0.29, 0.717) is 34.6 Å². The number of rotatable bonds is 4. The highest BCUT2D eigenvalue weighted by Gasteiger charge is 2.43. The summed E-state index contributed by atoms with van der Waals surface area (Å²) in [6.07, 6.45) is 0.750. The highest BCUT2D eigenvalue weighted by Crippen LogP contribution is 2.40. The van der Waals surface area contributed by atoms with E-state index >= 15 is 0 Å². The van der Waals surface area contributed by atoms with Crippen LogP contribution in [0.25, 0.3) is 11.1 Å². The molecule has 0 radical (unpaired) electrons. The first-order chi connectivity index (χ1) is 15.9. The van der Waals surface area contributed by atoms with Crippen LogP contribution in [0.15, 0.2) is 66.7 Å². The lowest BCUT2D eigenvalue weighted by molar-refractivity contribution is -0.141. The van der Waals surface area contributed by atoms with Crippen molar-refractivity contribution in [3.8, 4) is 23.3 Å². The van der Waals surface area contributed by atoms with Gasteiger partial charge >= 0.3 is 5.97 Å². The third-order valence-electron chi connectivity index (χ3n) is 5.89. The molecule has 0 unspecified atom stereocenters. The largest absolute Gasteiger partial charge is 0.480 e. The van der Waals surface area contributed by atoms with Crippen LogP contribution in [0.3, 0.4) is 0 Å². The number of carboxylic acids is 1. The molecule has 1 fully saturated rings. The zero-order valence-corrected chi connectivity index (χ0v) is 18.2. The van der Waals surface area contributed by atoms with E-state index in [9.17, 15) is 20.0 Å². The first kappa shape index (κ1) is 22.1. The van der Waals surface area contributed by atoms with Crippen molar-refractivity contribution in [3.63, 3.8) is 0 Å². The number of amides is 1. The van der Waals surface area contributed by atoms with E-state index in [-0.39, 0.29) is 11.1 Å². The Labute approximate surface area is 195 Å². The SMILES string of the molecule is N#Cc1ccc(-c2ccc(C(=O)N3[C@@H](c4ccccc4Cl)CC[C@H]3C(=O)O)c(C#N)c2)cc1. The summed E-state index contributed by atoms with van der Waals surface area (Å²) >= 11 is 6.36. The van der Waals surface area contributed by atoms with Gasteiger partial charge in [-0.2, -0.15) is 10.5 Å². The number of hydrogen-bond acceptors (Lipinski definition) is 4. The van der Waals surface area contributed by atoms with Gasteiger partial charge in [0.2, 0.25) is 0 Å². The fourth-order valence-electron chi connectivity index (χ4n) is 4.27. The molecule has 1 aliphatic heterocycles. The van der Waals surface area contributed by atoms with Crippen molar-refractivity contribution in [2.24, 2.45) is 0 Å². The Morgan fingerprint density at radius 3 is 2.27 bits per heavy atom. The lowest BCUT2D eigenvalue weighted by Gasteiger charge is -2.29. The molecule has 3 aromatic rings. The summed E-state index contributed by atoms with van der Waals surface area (Å²) in [6, 6.07) is 21.4. The molecule has 1 heterocycles. The van der Waals surface area contributed by atoms with E-state index in [2.05, 4.69) is 12.1 Å². The molecule has 2 atom stereocenters. The Morgan fingerprint density at radius 2 is 1.64 bits per heavy atom. The highest BCUT2D eigenvalue weighted by atomic mass is 35.5. The standard InChI is InChI=1S/C26H18ClN3O3/c27-22-4-2-1-3-21(22)23-11-12-24(26(32)33)30(23)25(31)20-10-9-18(13-19(20)15-29)17-7-5-16(14-28)6-8-17/h1-10,13,23-24H,11-12H2,(H,32,33)/t23-,24+/m1/s1. The maximum absolute atomic E-state index is 13.6. The molecule has 1 saturated heterocycles. The van der Waals surface area contributed by atoms with Gasteiger partial charge in [-0.3, -0.25) is 4.79 Å². The lowest BCUT2D eigenvalue weighted by atomic mass is 9.97. The number of benzene rings is 3. The molecule has 4 rings (SSSR count). The number of nitriles is 2. The zero-order chi connectivity index (χ0) is 23.5. The van der Waals surface area contributed by atoms with Crippen LogP contribution in [-0.4, -0.2) is 27.9 Å². The summed E-state index contributed by atoms with van der Waals surface area (Å²) in [5, 5.41) is 29.0. The fourth-order valence-corrected chi connectivity index (χ4v) is 4.53. The summed E-state index contributed by atoms with van der Waals surface area (Å²) in [6.45, 7) is 0. The van der Waals surface area contributed by atoms with Crippen LogP contribution in [-0.2, 0) is 4.79 Å². The van der Waals surface area contributed by atoms with Gasteiger partial charge in [0.05, 0.1) is 34.9 Å². The molecule has 0 spiro atoms. The number of aliphatic carboxylic acids is 1. The van der Waals surface area contributed by atoms with Gasteiger partial charge in [-0.25, -0.2) is 4.79 Å². The van der Waals surface area contributed by atoms with Gasteiger partial charge < -0.3 is 10.0 Å². The Morgan fingerprint density at radius 1 is 0.939 bits per heavy atom. The highest BCUT2D eigenvalue weighted by molar-refractivity contribution is 6.31. The van der Waals surface area contributed by atoms with Gasteiger partial charge in [0.15, 0.2) is 0 Å². The monoisotopic (exact) mass is 455 g/mol. The Hall–Kier alpha value is -4.13. The van der Waals surface area contributed by atoms with Crippen molar-refractivity contribution < 1.29 is 14.7 Å². The van der Waals surface area contributed by atoms with E-state index in [0.717, 1.165) is 5.56 Å². The average molecular weight is 456 g/mol. The molecule has 1 aliphatic rings. The van der Waals surface area contributed by atoms with E-state index in [1.54, 1.807) is 66.7 Å². The number of carboxylic acid groups (broad SMARTS) is 1. The van der Waals surface area contributed by atoms with Crippen molar-refractivity contribution in [3.05, 3.63) is 94.0 Å². The van der Waals surface area contributed by atoms with Crippen LogP contribution in [0.5, 0.6) is 0 Å². The molecule has 6 nitrogen and oxygen atoms in total. The minimum absolute atomic E-state index is 0.139. The van der Waals surface area contributed by atoms with E-state index in [4.69, 9.17) is 16.9 Å². The Kier molecular flexibility index (Phi) is 6.13. The molecular weight excluding hydrogens is 438 g/mol. The second-order valence-corrected chi connectivity index (χ2v) is 8.15. The summed E-state index contributed by atoms with van der Waals surface area (Å²) in [4.78, 5) is 26.9. The van der Waals surface area contributed by atoms with Crippen LogP contribution < -0.4 is 0 Å². The molecule has 1 amide bonds. The lowest BCUT2D eigenvalue weighted by Crippen LogP contribution is -2.42. The van der Waals surface area contributed by atoms with Crippen molar-refractivity contribution in [2.75, 3.05) is 0 Å². The molecule has 0 aliphatic carbocycles. The second kappa shape index (κ2) is 9.16. The molecule has 0 saturated carbocycles. The number of carbonyl (C=O) groups excluding carboxylic acids is 1. The molecular formula is C26H18ClN3O3. The molecule has 1 N–H and O–H groups in total. The van der Waals surface area contributed by atoms with Crippen molar-refractivity contribution in [2.45, 2.75) is 24.9 Å². The Balaban J connectivity index is 1.74. The summed E-state index contributed by atoms with van der Waals surface area (Å²) in [5.74, 6) is -1.61. The van der Waals surface area contributed by atoms with E-state index < -0.39 is 24.0 Å². The third kappa shape index (κ3) is 4.17. The molecule has 3 aromatic carbocycles. The predicted octanol–water partition coefficient (Wildman–Crippen LogP) is 5.18. The summed E-state index contributed by atoms with van der Waals surface area (Å²) in [5.41, 5.74) is 3.00. The number of nitrogens with zero attached hydrogens (tertiary/aromatic N) is 3. The normalized spacial score (nSPS) is 17.2. The van der Waals surface area contributed by atoms with Crippen molar-refractivity contribution in [1.29, 1.82) is 10.5 Å². The van der Waals surface area contributed by atoms with Gasteiger partial charge in [-0.05, 0) is 59.9 Å². The smallest absolute Gasteiger partial charge is 0.326 e. The first-order valence-corrected chi connectivity index (χ1v) is 10.7. The van der Waals surface area contributed by atoms with E-state index in [1.165, 1.54) is 4.90 Å². The van der Waals surface area contributed by atoms with Crippen molar-refractivity contribution in [1.82, 2.24) is 4.90 Å². The van der Waals surface area contributed by atoms with Gasteiger partial charge in [0.25, 0.3) is 5.91 Å². The number of likely N-dealkylation sites (tertiary alicyclic amines) is 1. The predicted molar refractivity (Wildman–Crippen MR) is 122 cm³/mol. The molecule has 7 heteroatoms. The van der Waals surface area contributed by atoms with Crippen LogP contribution in [0.2, 0.25) is 5.02 Å². The van der Waals surface area contributed by atoms with Gasteiger partial charge in [-0.15, -0.1) is 0 Å². The zero-order valence-electron chi connectivity index (χ0n) is 17.4. The topological polar surface area (TPSA) is 105 Å². The minimum Gasteiger partial charge on any atom is -0.480 e. The first-order valence-electron chi connectivity index (χ1n) is 10.3. The van der Waals surface area contributed by atoms with Crippen LogP contribution in [0.4, 0.5) is 0 Å². The van der Waals surface area contributed by atoms with Crippen LogP contribution >= 0.6 is 11.6 Å². The number of halogens is 1. The van der Waals surface area contributed by atoms with Gasteiger partial charge in [0, 0.05) is 5.02 Å². The fraction of sp³-hybridized carbons (Fsp3) is 0.154. The summed E-state index contributed by atoms with van der Waals surface area (Å²) < 4.78 is 0. The molecule has 0 aromatic heterocycles. The number of hydrogen-bond donors (Lipinski definition) is 1. The maximum Gasteiger partial charge on any atom is 0.326 e. The van der Waals surface area contributed by atoms with Crippen molar-refractivity contribution >= 4 is 23.5 Å². The quantitative estimate of drug-likeness (QED) is 0.583. The summed E-state index contributed by atoms with van der Waals surface area (Å²) in [7, 11) is 0. The van der Waals surface area contributed by atoms with Crippen LogP contribution in [0.1, 0.15) is 45.9 Å². The molecule has 0 bridgehead atoms. The number of carbonyl (C=O) groups is 2. The average Bonchev–Trinajstić information content (AvgIpc) is 3.29. The Bertz CT molecular complexity index is 1320.